The molecule has 4 aromatic heterocycles. The fourth-order valence-electron chi connectivity index (χ4n) is 11.8. The van der Waals surface area contributed by atoms with Gasteiger partial charge in [0.15, 0.2) is 50.6 Å². The summed E-state index contributed by atoms with van der Waals surface area (Å²) in [6.07, 6.45) is 6.09. The number of halogens is 2. The minimum absolute atomic E-state index is 0.00487. The van der Waals surface area contributed by atoms with Crippen LogP contribution in [0.2, 0.25) is 36.3 Å². The van der Waals surface area contributed by atoms with Gasteiger partial charge in [0.1, 0.15) is 25.0 Å². The highest BCUT2D eigenvalue weighted by atomic mass is 28.4. The molecule has 15 nitrogen and oxygen atoms in total. The summed E-state index contributed by atoms with van der Waals surface area (Å²) in [6.45, 7) is 26.0. The molecule has 0 unspecified atom stereocenters. The largest absolute Gasteiger partial charge is 0.410 e. The Labute approximate surface area is 457 Å². The molecular formula is C59H72F2N10O5Si2. The average molecular weight is 1100 g/mol. The van der Waals surface area contributed by atoms with Gasteiger partial charge in [-0.2, -0.15) is 0 Å². The first-order valence-corrected chi connectivity index (χ1v) is 33.1. The Morgan fingerprint density at radius 1 is 0.603 bits per heavy atom. The van der Waals surface area contributed by atoms with Crippen molar-refractivity contribution in [1.82, 2.24) is 39.0 Å². The lowest BCUT2D eigenvalue weighted by Gasteiger charge is -2.41. The molecule has 4 aliphatic carbocycles. The summed E-state index contributed by atoms with van der Waals surface area (Å²) >= 11 is 0. The third-order valence-electron chi connectivity index (χ3n) is 18.6. The molecule has 4 saturated carbocycles. The molecule has 0 saturated heterocycles. The van der Waals surface area contributed by atoms with Gasteiger partial charge in [-0.15, -0.1) is 0 Å². The number of amides is 3. The van der Waals surface area contributed by atoms with E-state index in [9.17, 15) is 14.4 Å². The van der Waals surface area contributed by atoms with Gasteiger partial charge in [0.25, 0.3) is 17.7 Å². The molecule has 7 aromatic rings. The molecule has 4 heterocycles. The van der Waals surface area contributed by atoms with Gasteiger partial charge in [0.2, 0.25) is 0 Å². The molecule has 3 amide bonds. The molecule has 410 valence electrons. The maximum Gasteiger partial charge on any atom is 0.266 e. The normalized spacial score (nSPS) is 26.4. The maximum atomic E-state index is 16.6. The number of imide groups is 1. The number of fused-ring (bicyclic) bond motifs is 4. The van der Waals surface area contributed by atoms with E-state index in [1.54, 1.807) is 102 Å². The number of hydrogen-bond donors (Lipinski definition) is 1. The van der Waals surface area contributed by atoms with Gasteiger partial charge in [-0.05, 0) is 110 Å². The van der Waals surface area contributed by atoms with Crippen molar-refractivity contribution in [2.24, 2.45) is 22.7 Å². The summed E-state index contributed by atoms with van der Waals surface area (Å²) in [5.74, 6) is -0.724. The molecule has 0 spiro atoms. The van der Waals surface area contributed by atoms with Gasteiger partial charge in [0.05, 0.1) is 36.9 Å². The van der Waals surface area contributed by atoms with E-state index in [1.165, 1.54) is 12.7 Å². The number of hydrogen-bond acceptors (Lipinski definition) is 11. The third kappa shape index (κ3) is 9.30. The van der Waals surface area contributed by atoms with Crippen LogP contribution in [-0.4, -0.2) is 97.9 Å². The van der Waals surface area contributed by atoms with Crippen molar-refractivity contribution in [3.63, 3.8) is 0 Å². The second-order valence-electron chi connectivity index (χ2n) is 24.8. The standard InChI is InChI=1S/C33H38FN5O3Si.C26H34FN5O2Si/c1-7-33-18-23(33)26(24(34)27(33)42-43(5,6)32(2,3)4)38-20-37-25-28(38)35-19-36-29(25)39(30(40)21-14-10-8-11-15-21)31(41)22-16-12-9-13-17-22;1-7-26-13-17(26)20(18(27)21(26)34-35(5,6)25(2,3)4)32-15-30-19-22(28-14-29-23(19)32)31-24(33)16-11-9-8-10-12-16/h8-17,19-20,23-24,26-27H,7,18H2,1-6H3;8-12,14-15,17-18,20-21H,7,13H2,1-6H3,(H,28,29,31,33)/t23-,24+,26-,27+,33-;17-,18+,20-,21+,26-/m11/s1. The van der Waals surface area contributed by atoms with Crippen LogP contribution >= 0.6 is 0 Å². The summed E-state index contributed by atoms with van der Waals surface area (Å²) in [7, 11) is -4.40. The monoisotopic (exact) mass is 1090 g/mol. The number of carbonyl (C=O) groups excluding carboxylic acids is 3. The average Bonchev–Trinajstić information content (AvgIpc) is 3.23. The van der Waals surface area contributed by atoms with E-state index in [0.29, 0.717) is 39.3 Å². The van der Waals surface area contributed by atoms with Crippen LogP contribution in [-0.2, 0) is 8.85 Å². The number of benzene rings is 3. The van der Waals surface area contributed by atoms with Crippen molar-refractivity contribution in [2.45, 2.75) is 154 Å². The Bertz CT molecular complexity index is 3320. The molecule has 78 heavy (non-hydrogen) atoms. The minimum atomic E-state index is -2.24. The lowest BCUT2D eigenvalue weighted by Crippen LogP contribution is -2.48. The number of aromatic nitrogens is 8. The van der Waals surface area contributed by atoms with Gasteiger partial charge in [-0.25, -0.2) is 43.6 Å². The summed E-state index contributed by atoms with van der Waals surface area (Å²) in [5, 5.41) is 2.79. The zero-order valence-electron chi connectivity index (χ0n) is 46.7. The number of carbonyl (C=O) groups is 3. The molecule has 3 aromatic carbocycles. The van der Waals surface area contributed by atoms with Crippen molar-refractivity contribution in [2.75, 3.05) is 10.2 Å². The van der Waals surface area contributed by atoms with E-state index in [0.717, 1.165) is 30.6 Å². The lowest BCUT2D eigenvalue weighted by atomic mass is 9.97. The second-order valence-corrected chi connectivity index (χ2v) is 34.3. The Kier molecular flexibility index (Phi) is 14.1. The van der Waals surface area contributed by atoms with E-state index in [2.05, 4.69) is 117 Å². The fraction of sp³-hybridized carbons (Fsp3) is 0.475. The molecule has 4 fully saturated rings. The van der Waals surface area contributed by atoms with Crippen molar-refractivity contribution >= 4 is 68.3 Å². The van der Waals surface area contributed by atoms with Crippen molar-refractivity contribution < 1.29 is 32.0 Å². The zero-order chi connectivity index (χ0) is 55.9. The van der Waals surface area contributed by atoms with Gasteiger partial charge < -0.3 is 23.3 Å². The van der Waals surface area contributed by atoms with Crippen LogP contribution in [0.1, 0.15) is 124 Å². The minimum Gasteiger partial charge on any atom is -0.410 e. The van der Waals surface area contributed by atoms with Crippen molar-refractivity contribution in [1.29, 1.82) is 0 Å². The van der Waals surface area contributed by atoms with Gasteiger partial charge in [-0.3, -0.25) is 14.4 Å². The highest BCUT2D eigenvalue weighted by Crippen LogP contribution is 2.73. The molecule has 0 bridgehead atoms. The zero-order valence-corrected chi connectivity index (χ0v) is 48.7. The first-order chi connectivity index (χ1) is 36.9. The Morgan fingerprint density at radius 3 is 1.42 bits per heavy atom. The van der Waals surface area contributed by atoms with Crippen LogP contribution in [0.15, 0.2) is 116 Å². The predicted molar refractivity (Wildman–Crippen MR) is 303 cm³/mol. The lowest BCUT2D eigenvalue weighted by molar-refractivity contribution is 0.0389. The predicted octanol–water partition coefficient (Wildman–Crippen LogP) is 12.8. The first kappa shape index (κ1) is 54.9. The number of alkyl halides is 2. The number of nitrogens with one attached hydrogen (secondary N) is 1. The molecule has 0 aliphatic heterocycles. The molecule has 1 N–H and O–H groups in total. The molecule has 4 aliphatic rings. The summed E-state index contributed by atoms with van der Waals surface area (Å²) < 4.78 is 50.0. The van der Waals surface area contributed by atoms with E-state index < -0.39 is 65.1 Å². The summed E-state index contributed by atoms with van der Waals surface area (Å²) in [6, 6.07) is 25.2. The van der Waals surface area contributed by atoms with Gasteiger partial charge >= 0.3 is 0 Å². The molecule has 11 rings (SSSR count). The Hall–Kier alpha value is -6.42. The van der Waals surface area contributed by atoms with Crippen LogP contribution in [0.25, 0.3) is 22.3 Å². The van der Waals surface area contributed by atoms with Crippen LogP contribution in [0.5, 0.6) is 0 Å². The quantitative estimate of drug-likeness (QED) is 0.0860. The van der Waals surface area contributed by atoms with Crippen molar-refractivity contribution in [3.05, 3.63) is 133 Å². The molecule has 19 heteroatoms. The van der Waals surface area contributed by atoms with E-state index in [1.807, 2.05) is 10.6 Å². The fourth-order valence-corrected chi connectivity index (χ4v) is 14.5. The van der Waals surface area contributed by atoms with E-state index in [-0.39, 0.29) is 50.0 Å². The number of anilines is 2. The number of rotatable bonds is 13. The molecular weight excluding hydrogens is 1020 g/mol. The maximum absolute atomic E-state index is 16.6. The van der Waals surface area contributed by atoms with Crippen molar-refractivity contribution in [3.8, 4) is 0 Å². The van der Waals surface area contributed by atoms with Gasteiger partial charge in [-0.1, -0.05) is 110 Å². The SMILES string of the molecule is CC[C@@]12C[C@@H]1[C@@H](n1cnc3c(N(C(=O)c4ccccc4)C(=O)c4ccccc4)ncnc31)[C@H](F)[C@@H]2O[Si](C)(C)C(C)(C)C.CC[C@@]12C[C@@H]1[C@@H](n1cnc3c(NC(=O)c4ccccc4)ncnc31)[C@H](F)[C@@H]2O[Si](C)(C)C(C)(C)C. The Morgan fingerprint density at radius 2 is 1.00 bits per heavy atom. The van der Waals surface area contributed by atoms with Gasteiger partial charge in [0, 0.05) is 27.5 Å². The van der Waals surface area contributed by atoms with Crippen LogP contribution in [0.3, 0.4) is 0 Å². The topological polar surface area (TPSA) is 172 Å². The third-order valence-corrected chi connectivity index (χ3v) is 27.5. The Balaban J connectivity index is 0.000000180. The highest BCUT2D eigenvalue weighted by Gasteiger charge is 2.74. The number of imidazole rings is 2. The number of nitrogens with zero attached hydrogens (tertiary/aromatic N) is 9. The smallest absolute Gasteiger partial charge is 0.266 e. The van der Waals surface area contributed by atoms with Crippen LogP contribution < -0.4 is 10.2 Å². The molecule has 10 atom stereocenters. The van der Waals surface area contributed by atoms with E-state index >= 15 is 8.78 Å². The summed E-state index contributed by atoms with van der Waals surface area (Å²) in [4.78, 5) is 68.1. The molecule has 0 radical (unpaired) electrons. The second kappa shape index (κ2) is 20.0. The van der Waals surface area contributed by atoms with E-state index in [4.69, 9.17) is 8.85 Å². The first-order valence-electron chi connectivity index (χ1n) is 27.3. The highest BCUT2D eigenvalue weighted by molar-refractivity contribution is 6.74. The summed E-state index contributed by atoms with van der Waals surface area (Å²) in [5.41, 5.74) is 2.44. The van der Waals surface area contributed by atoms with Crippen LogP contribution in [0.4, 0.5) is 20.4 Å². The van der Waals surface area contributed by atoms with Crippen LogP contribution in [0, 0.1) is 22.7 Å².